The van der Waals surface area contributed by atoms with Gasteiger partial charge in [-0.3, -0.25) is 4.90 Å². The first kappa shape index (κ1) is 14.5. The fourth-order valence-corrected chi connectivity index (χ4v) is 3.33. The van der Waals surface area contributed by atoms with Crippen molar-refractivity contribution in [3.05, 3.63) is 35.9 Å². The second-order valence-corrected chi connectivity index (χ2v) is 6.35. The van der Waals surface area contributed by atoms with Crippen LogP contribution in [0.5, 0.6) is 0 Å². The van der Waals surface area contributed by atoms with Gasteiger partial charge in [-0.2, -0.15) is 0 Å². The van der Waals surface area contributed by atoms with Crippen molar-refractivity contribution in [2.45, 2.75) is 38.4 Å². The molecule has 0 aliphatic carbocycles. The summed E-state index contributed by atoms with van der Waals surface area (Å²) >= 11 is 0. The Morgan fingerprint density at radius 3 is 2.58 bits per heavy atom. The van der Waals surface area contributed by atoms with Crippen molar-refractivity contribution in [2.75, 3.05) is 26.7 Å². The largest absolute Gasteiger partial charge is 0.330 e. The summed E-state index contributed by atoms with van der Waals surface area (Å²) in [6.45, 7) is 8.70. The van der Waals surface area contributed by atoms with Crippen molar-refractivity contribution in [1.29, 1.82) is 0 Å². The maximum Gasteiger partial charge on any atom is 0.0287 e. The molecule has 0 bridgehead atoms. The van der Waals surface area contributed by atoms with E-state index < -0.39 is 0 Å². The third-order valence-electron chi connectivity index (χ3n) is 4.09. The molecule has 106 valence electrons. The highest BCUT2D eigenvalue weighted by molar-refractivity contribution is 5.15. The summed E-state index contributed by atoms with van der Waals surface area (Å²) in [5.74, 6) is 0. The molecule has 1 aliphatic heterocycles. The Hall–Kier alpha value is -0.900. The zero-order valence-electron chi connectivity index (χ0n) is 12.5. The van der Waals surface area contributed by atoms with Crippen LogP contribution in [0.1, 0.15) is 25.8 Å². The highest BCUT2D eigenvalue weighted by Gasteiger charge is 2.37. The topological polar surface area (TPSA) is 32.5 Å². The molecule has 1 saturated heterocycles. The molecule has 1 unspecified atom stereocenters. The highest BCUT2D eigenvalue weighted by Crippen LogP contribution is 2.28. The maximum absolute atomic E-state index is 5.80. The van der Waals surface area contributed by atoms with Crippen LogP contribution >= 0.6 is 0 Å². The van der Waals surface area contributed by atoms with Crippen LogP contribution < -0.4 is 5.73 Å². The van der Waals surface area contributed by atoms with Gasteiger partial charge in [0.05, 0.1) is 0 Å². The van der Waals surface area contributed by atoms with E-state index in [0.717, 1.165) is 32.6 Å². The first-order chi connectivity index (χ1) is 9.03. The van der Waals surface area contributed by atoms with Crippen LogP contribution in [0.15, 0.2) is 30.3 Å². The van der Waals surface area contributed by atoms with E-state index in [2.05, 4.69) is 61.0 Å². The van der Waals surface area contributed by atoms with Crippen LogP contribution in [0, 0.1) is 0 Å². The third kappa shape index (κ3) is 3.56. The van der Waals surface area contributed by atoms with Gasteiger partial charge in [0.2, 0.25) is 0 Å². The summed E-state index contributed by atoms with van der Waals surface area (Å²) in [4.78, 5) is 5.07. The summed E-state index contributed by atoms with van der Waals surface area (Å²) in [5, 5.41) is 0. The fourth-order valence-electron chi connectivity index (χ4n) is 3.33. The molecule has 3 nitrogen and oxygen atoms in total. The number of rotatable bonds is 4. The van der Waals surface area contributed by atoms with Gasteiger partial charge >= 0.3 is 0 Å². The Bertz CT molecular complexity index is 388. The summed E-state index contributed by atoms with van der Waals surface area (Å²) in [7, 11) is 2.21. The first-order valence-corrected chi connectivity index (χ1v) is 7.22. The van der Waals surface area contributed by atoms with Gasteiger partial charge in [0.15, 0.2) is 0 Å². The van der Waals surface area contributed by atoms with E-state index >= 15 is 0 Å². The van der Waals surface area contributed by atoms with Gasteiger partial charge in [-0.05, 0) is 39.4 Å². The SMILES string of the molecule is CN1CC(CCN)N(Cc2ccccc2)C(C)(C)C1. The third-order valence-corrected chi connectivity index (χ3v) is 4.09. The lowest BCUT2D eigenvalue weighted by molar-refractivity contribution is -0.0244. The Labute approximate surface area is 117 Å². The summed E-state index contributed by atoms with van der Waals surface area (Å²) in [5.41, 5.74) is 7.39. The molecule has 1 atom stereocenters. The van der Waals surface area contributed by atoms with Crippen LogP contribution in [-0.4, -0.2) is 48.1 Å². The van der Waals surface area contributed by atoms with Crippen LogP contribution in [0.4, 0.5) is 0 Å². The Kier molecular flexibility index (Phi) is 4.61. The predicted octanol–water partition coefficient (Wildman–Crippen LogP) is 1.93. The lowest BCUT2D eigenvalue weighted by Gasteiger charge is -2.51. The second-order valence-electron chi connectivity index (χ2n) is 6.35. The molecule has 0 saturated carbocycles. The zero-order valence-corrected chi connectivity index (χ0v) is 12.5. The Balaban J connectivity index is 2.17. The van der Waals surface area contributed by atoms with E-state index in [4.69, 9.17) is 5.73 Å². The molecule has 1 heterocycles. The van der Waals surface area contributed by atoms with Gasteiger partial charge in [0.1, 0.15) is 0 Å². The molecule has 1 fully saturated rings. The number of hydrogen-bond donors (Lipinski definition) is 1. The minimum Gasteiger partial charge on any atom is -0.330 e. The molecule has 1 aromatic carbocycles. The molecule has 0 amide bonds. The van der Waals surface area contributed by atoms with Crippen molar-refractivity contribution in [3.63, 3.8) is 0 Å². The van der Waals surface area contributed by atoms with Crippen molar-refractivity contribution < 1.29 is 0 Å². The molecule has 0 aromatic heterocycles. The van der Waals surface area contributed by atoms with Crippen molar-refractivity contribution in [3.8, 4) is 0 Å². The van der Waals surface area contributed by atoms with E-state index in [0.29, 0.717) is 6.04 Å². The molecule has 0 radical (unpaired) electrons. The molecular weight excluding hydrogens is 234 g/mol. The summed E-state index contributed by atoms with van der Waals surface area (Å²) in [6, 6.07) is 11.3. The number of hydrogen-bond acceptors (Lipinski definition) is 3. The van der Waals surface area contributed by atoms with E-state index in [-0.39, 0.29) is 5.54 Å². The molecule has 1 aromatic rings. The molecule has 2 N–H and O–H groups in total. The van der Waals surface area contributed by atoms with Gasteiger partial charge in [0.25, 0.3) is 0 Å². The lowest BCUT2D eigenvalue weighted by Crippen LogP contribution is -2.62. The van der Waals surface area contributed by atoms with Crippen molar-refractivity contribution in [2.24, 2.45) is 5.73 Å². The second kappa shape index (κ2) is 6.04. The lowest BCUT2D eigenvalue weighted by atomic mass is 9.92. The maximum atomic E-state index is 5.80. The highest BCUT2D eigenvalue weighted by atomic mass is 15.3. The first-order valence-electron chi connectivity index (χ1n) is 7.22. The van der Waals surface area contributed by atoms with Crippen molar-refractivity contribution in [1.82, 2.24) is 9.80 Å². The summed E-state index contributed by atoms with van der Waals surface area (Å²) in [6.07, 6.45) is 1.07. The Morgan fingerprint density at radius 2 is 1.95 bits per heavy atom. The number of benzene rings is 1. The van der Waals surface area contributed by atoms with Gasteiger partial charge in [0, 0.05) is 31.2 Å². The fraction of sp³-hybridized carbons (Fsp3) is 0.625. The number of nitrogens with two attached hydrogens (primary N) is 1. The molecule has 0 spiro atoms. The monoisotopic (exact) mass is 261 g/mol. The van der Waals surface area contributed by atoms with Crippen LogP contribution in [0.25, 0.3) is 0 Å². The number of nitrogens with zero attached hydrogens (tertiary/aromatic N) is 2. The predicted molar refractivity (Wildman–Crippen MR) is 81.0 cm³/mol. The van der Waals surface area contributed by atoms with Gasteiger partial charge in [-0.1, -0.05) is 30.3 Å². The minimum atomic E-state index is 0.197. The molecule has 3 heteroatoms. The minimum absolute atomic E-state index is 0.197. The van der Waals surface area contributed by atoms with Crippen LogP contribution in [0.3, 0.4) is 0 Å². The van der Waals surface area contributed by atoms with Crippen molar-refractivity contribution >= 4 is 0 Å². The molecule has 2 rings (SSSR count). The molecule has 19 heavy (non-hydrogen) atoms. The Morgan fingerprint density at radius 1 is 1.26 bits per heavy atom. The van der Waals surface area contributed by atoms with E-state index in [1.807, 2.05) is 0 Å². The molecular formula is C16H27N3. The van der Waals surface area contributed by atoms with Crippen LogP contribution in [0.2, 0.25) is 0 Å². The van der Waals surface area contributed by atoms with E-state index in [1.54, 1.807) is 0 Å². The van der Waals surface area contributed by atoms with Gasteiger partial charge < -0.3 is 10.6 Å². The number of likely N-dealkylation sites (N-methyl/N-ethyl adjacent to an activating group) is 1. The number of piperazine rings is 1. The smallest absolute Gasteiger partial charge is 0.0287 e. The van der Waals surface area contributed by atoms with E-state index in [9.17, 15) is 0 Å². The van der Waals surface area contributed by atoms with Crippen LogP contribution in [-0.2, 0) is 6.54 Å². The zero-order chi connectivity index (χ0) is 13.9. The summed E-state index contributed by atoms with van der Waals surface area (Å²) < 4.78 is 0. The van der Waals surface area contributed by atoms with Gasteiger partial charge in [-0.15, -0.1) is 0 Å². The molecule has 1 aliphatic rings. The normalized spacial score (nSPS) is 24.5. The average molecular weight is 261 g/mol. The average Bonchev–Trinajstić information content (AvgIpc) is 2.34. The standard InChI is InChI=1S/C16H27N3/c1-16(2)13-18(3)12-15(9-10-17)19(16)11-14-7-5-4-6-8-14/h4-8,15H,9-13,17H2,1-3H3. The quantitative estimate of drug-likeness (QED) is 0.899. The van der Waals surface area contributed by atoms with Gasteiger partial charge in [-0.25, -0.2) is 0 Å². The van der Waals surface area contributed by atoms with E-state index in [1.165, 1.54) is 5.56 Å².